The monoisotopic (exact) mass is 385 g/mol. The van der Waals surface area contributed by atoms with Gasteiger partial charge in [-0.15, -0.1) is 0 Å². The van der Waals surface area contributed by atoms with E-state index < -0.39 is 5.97 Å². The van der Waals surface area contributed by atoms with E-state index in [0.717, 1.165) is 5.56 Å². The summed E-state index contributed by atoms with van der Waals surface area (Å²) in [5.41, 5.74) is 2.70. The maximum Gasteiger partial charge on any atom is 0.355 e. The van der Waals surface area contributed by atoms with Crippen LogP contribution in [0.15, 0.2) is 18.2 Å². The summed E-state index contributed by atoms with van der Waals surface area (Å²) < 4.78 is 21.6. The highest BCUT2D eigenvalue weighted by atomic mass is 16.6. The lowest BCUT2D eigenvalue weighted by Crippen LogP contribution is -2.16. The van der Waals surface area contributed by atoms with Crippen LogP contribution in [-0.2, 0) is 4.74 Å². The van der Waals surface area contributed by atoms with E-state index in [1.807, 2.05) is 0 Å². The van der Waals surface area contributed by atoms with Crippen LogP contribution in [0.2, 0.25) is 0 Å². The fourth-order valence-electron chi connectivity index (χ4n) is 3.17. The van der Waals surface area contributed by atoms with Crippen molar-refractivity contribution in [1.82, 2.24) is 4.98 Å². The van der Waals surface area contributed by atoms with Gasteiger partial charge in [-0.05, 0) is 50.1 Å². The van der Waals surface area contributed by atoms with Gasteiger partial charge in [-0.2, -0.15) is 0 Å². The number of allylic oxidation sites excluding steroid dienone is 1. The van der Waals surface area contributed by atoms with Gasteiger partial charge >= 0.3 is 5.97 Å². The molecular weight excluding hydrogens is 362 g/mol. The average molecular weight is 385 g/mol. The highest BCUT2D eigenvalue weighted by Gasteiger charge is 2.22. The summed E-state index contributed by atoms with van der Waals surface area (Å²) in [6.07, 6.45) is 3.14. The van der Waals surface area contributed by atoms with E-state index in [1.54, 1.807) is 46.1 Å². The molecule has 0 aliphatic carbocycles. The molecule has 1 aliphatic heterocycles. The second-order valence-corrected chi connectivity index (χ2v) is 6.29. The lowest BCUT2D eigenvalue weighted by atomic mass is 10.0. The summed E-state index contributed by atoms with van der Waals surface area (Å²) in [7, 11) is 1.55. The second-order valence-electron chi connectivity index (χ2n) is 6.29. The SMILES string of the molecule is CCOC(=O)c1[nH]c(C)c(C(=O)C=Cc2cc(OC)c3c(c2)OCCO3)c1C. The third-order valence-electron chi connectivity index (χ3n) is 4.44. The van der Waals surface area contributed by atoms with Gasteiger partial charge in [0.2, 0.25) is 5.75 Å². The Kier molecular flexibility index (Phi) is 5.73. The summed E-state index contributed by atoms with van der Waals surface area (Å²) in [6, 6.07) is 3.57. The Hall–Kier alpha value is -3.22. The minimum atomic E-state index is -0.470. The number of ketones is 1. The summed E-state index contributed by atoms with van der Waals surface area (Å²) in [5, 5.41) is 0. The zero-order valence-corrected chi connectivity index (χ0v) is 16.4. The summed E-state index contributed by atoms with van der Waals surface area (Å²) in [5.74, 6) is 1.01. The smallest absolute Gasteiger partial charge is 0.355 e. The maximum absolute atomic E-state index is 12.8. The van der Waals surface area contributed by atoms with Crippen molar-refractivity contribution in [2.45, 2.75) is 20.8 Å². The summed E-state index contributed by atoms with van der Waals surface area (Å²) in [4.78, 5) is 27.7. The third-order valence-corrected chi connectivity index (χ3v) is 4.44. The quantitative estimate of drug-likeness (QED) is 0.465. The lowest BCUT2D eigenvalue weighted by molar-refractivity contribution is 0.0519. The van der Waals surface area contributed by atoms with Gasteiger partial charge in [0.15, 0.2) is 17.3 Å². The number of H-pyrrole nitrogens is 1. The molecule has 0 unspecified atom stereocenters. The molecule has 1 aromatic carbocycles. The number of esters is 1. The van der Waals surface area contributed by atoms with Gasteiger partial charge < -0.3 is 23.9 Å². The summed E-state index contributed by atoms with van der Waals surface area (Å²) >= 11 is 0. The van der Waals surface area contributed by atoms with Crippen LogP contribution in [0.1, 0.15) is 44.6 Å². The van der Waals surface area contributed by atoms with E-state index in [4.69, 9.17) is 18.9 Å². The lowest BCUT2D eigenvalue weighted by Gasteiger charge is -2.20. The number of nitrogens with one attached hydrogen (secondary N) is 1. The molecule has 0 bridgehead atoms. The number of aromatic amines is 1. The highest BCUT2D eigenvalue weighted by molar-refractivity contribution is 6.10. The van der Waals surface area contributed by atoms with E-state index in [-0.39, 0.29) is 12.4 Å². The molecule has 1 aliphatic rings. The largest absolute Gasteiger partial charge is 0.493 e. The Morgan fingerprint density at radius 2 is 1.96 bits per heavy atom. The number of hydrogen-bond acceptors (Lipinski definition) is 6. The molecule has 2 aromatic rings. The number of hydrogen-bond donors (Lipinski definition) is 1. The van der Waals surface area contributed by atoms with Crippen LogP contribution in [-0.4, -0.2) is 43.7 Å². The molecule has 28 heavy (non-hydrogen) atoms. The number of ether oxygens (including phenoxy) is 4. The average Bonchev–Trinajstić information content (AvgIpc) is 2.99. The van der Waals surface area contributed by atoms with Crippen molar-refractivity contribution in [1.29, 1.82) is 0 Å². The van der Waals surface area contributed by atoms with Gasteiger partial charge in [-0.3, -0.25) is 4.79 Å². The fourth-order valence-corrected chi connectivity index (χ4v) is 3.17. The normalized spacial score (nSPS) is 12.9. The van der Waals surface area contributed by atoms with Crippen LogP contribution >= 0.6 is 0 Å². The first-order valence-electron chi connectivity index (χ1n) is 9.02. The van der Waals surface area contributed by atoms with Crippen LogP contribution in [0.25, 0.3) is 6.08 Å². The Balaban J connectivity index is 1.88. The molecule has 1 aromatic heterocycles. The van der Waals surface area contributed by atoms with Crippen LogP contribution in [0.3, 0.4) is 0 Å². The van der Waals surface area contributed by atoms with E-state index in [1.165, 1.54) is 6.08 Å². The van der Waals surface area contributed by atoms with Crippen molar-refractivity contribution in [2.75, 3.05) is 26.9 Å². The first-order valence-corrected chi connectivity index (χ1v) is 9.02. The molecular formula is C21H23NO6. The molecule has 3 rings (SSSR count). The van der Waals surface area contributed by atoms with Crippen molar-refractivity contribution in [3.63, 3.8) is 0 Å². The topological polar surface area (TPSA) is 86.9 Å². The molecule has 0 spiro atoms. The third kappa shape index (κ3) is 3.74. The number of aryl methyl sites for hydroxylation is 1. The maximum atomic E-state index is 12.8. The molecule has 0 saturated heterocycles. The van der Waals surface area contributed by atoms with Crippen molar-refractivity contribution < 1.29 is 28.5 Å². The number of benzene rings is 1. The second kappa shape index (κ2) is 8.21. The zero-order valence-electron chi connectivity index (χ0n) is 16.4. The molecule has 2 heterocycles. The summed E-state index contributed by atoms with van der Waals surface area (Å²) in [6.45, 7) is 6.41. The molecule has 0 radical (unpaired) electrons. The van der Waals surface area contributed by atoms with Crippen molar-refractivity contribution in [3.05, 3.63) is 46.3 Å². The number of methoxy groups -OCH3 is 1. The molecule has 0 fully saturated rings. The van der Waals surface area contributed by atoms with Crippen LogP contribution in [0.5, 0.6) is 17.2 Å². The van der Waals surface area contributed by atoms with Crippen molar-refractivity contribution >= 4 is 17.8 Å². The van der Waals surface area contributed by atoms with E-state index in [2.05, 4.69) is 4.98 Å². The van der Waals surface area contributed by atoms with Gasteiger partial charge in [-0.1, -0.05) is 6.08 Å². The molecule has 7 nitrogen and oxygen atoms in total. The number of rotatable bonds is 6. The van der Waals surface area contributed by atoms with E-state index in [9.17, 15) is 9.59 Å². The Labute approximate surface area is 163 Å². The molecule has 148 valence electrons. The van der Waals surface area contributed by atoms with Crippen LogP contribution < -0.4 is 14.2 Å². The fraction of sp³-hybridized carbons (Fsp3) is 0.333. The minimum Gasteiger partial charge on any atom is -0.493 e. The predicted octanol–water partition coefficient (Wildman–Crippen LogP) is 3.48. The van der Waals surface area contributed by atoms with E-state index in [0.29, 0.717) is 53.0 Å². The molecule has 0 atom stereocenters. The van der Waals surface area contributed by atoms with Crippen LogP contribution in [0.4, 0.5) is 0 Å². The molecule has 0 saturated carbocycles. The van der Waals surface area contributed by atoms with Crippen molar-refractivity contribution in [3.8, 4) is 17.2 Å². The number of carbonyl (C=O) groups excluding carboxylic acids is 2. The van der Waals surface area contributed by atoms with E-state index >= 15 is 0 Å². The molecule has 1 N–H and O–H groups in total. The standard InChI is InChI=1S/C21H23NO6/c1-5-26-21(24)19-12(2)18(13(3)22-19)15(23)7-6-14-10-16(25-4)20-17(11-14)27-8-9-28-20/h6-7,10-11,22H,5,8-9H2,1-4H3. The Morgan fingerprint density at radius 1 is 1.21 bits per heavy atom. The van der Waals surface area contributed by atoms with Crippen molar-refractivity contribution in [2.24, 2.45) is 0 Å². The highest BCUT2D eigenvalue weighted by Crippen LogP contribution is 2.40. The number of fused-ring (bicyclic) bond motifs is 1. The molecule has 7 heteroatoms. The van der Waals surface area contributed by atoms with Gasteiger partial charge in [0.05, 0.1) is 13.7 Å². The Bertz CT molecular complexity index is 924. The molecule has 0 amide bonds. The Morgan fingerprint density at radius 3 is 2.68 bits per heavy atom. The minimum absolute atomic E-state index is 0.212. The first kappa shape index (κ1) is 19.5. The van der Waals surface area contributed by atoms with Gasteiger partial charge in [-0.25, -0.2) is 4.79 Å². The number of aromatic nitrogens is 1. The zero-order chi connectivity index (χ0) is 20.3. The first-order chi connectivity index (χ1) is 13.5. The van der Waals surface area contributed by atoms with Crippen LogP contribution in [0, 0.1) is 13.8 Å². The number of carbonyl (C=O) groups is 2. The van der Waals surface area contributed by atoms with Gasteiger partial charge in [0, 0.05) is 11.3 Å². The van der Waals surface area contributed by atoms with Gasteiger partial charge in [0.1, 0.15) is 18.9 Å². The van der Waals surface area contributed by atoms with Gasteiger partial charge in [0.25, 0.3) is 0 Å². The predicted molar refractivity (Wildman–Crippen MR) is 104 cm³/mol.